The molecule has 7 heteroatoms. The third-order valence-electron chi connectivity index (χ3n) is 5.11. The normalized spacial score (nSPS) is 31.4. The molecule has 2 unspecified atom stereocenters. The molecule has 23 heavy (non-hydrogen) atoms. The van der Waals surface area contributed by atoms with Crippen LogP contribution in [0.1, 0.15) is 12.8 Å². The van der Waals surface area contributed by atoms with Gasteiger partial charge in [0, 0.05) is 23.6 Å². The molecule has 5 rings (SSSR count). The van der Waals surface area contributed by atoms with E-state index >= 15 is 0 Å². The maximum absolute atomic E-state index is 12.4. The predicted molar refractivity (Wildman–Crippen MR) is 83.2 cm³/mol. The molecule has 0 aliphatic carbocycles. The number of fused-ring (bicyclic) bond motifs is 4. The lowest BCUT2D eigenvalue weighted by molar-refractivity contribution is -0.474. The number of amides is 1. The van der Waals surface area contributed by atoms with Crippen molar-refractivity contribution in [3.8, 4) is 0 Å². The molecule has 0 spiro atoms. The topological polar surface area (TPSA) is 81.5 Å². The van der Waals surface area contributed by atoms with E-state index in [1.54, 1.807) is 24.3 Å². The van der Waals surface area contributed by atoms with E-state index < -0.39 is 17.9 Å². The smallest absolute Gasteiger partial charge is 0.345 e. The zero-order valence-corrected chi connectivity index (χ0v) is 12.7. The maximum atomic E-state index is 12.4. The van der Waals surface area contributed by atoms with Crippen LogP contribution >= 0.6 is 0 Å². The summed E-state index contributed by atoms with van der Waals surface area (Å²) in [4.78, 5) is 39.2. The van der Waals surface area contributed by atoms with Crippen molar-refractivity contribution in [3.63, 3.8) is 0 Å². The Balaban J connectivity index is 1.44. The lowest BCUT2D eigenvalue weighted by Crippen LogP contribution is -2.59. The van der Waals surface area contributed by atoms with Crippen molar-refractivity contribution in [1.82, 2.24) is 10.2 Å². The molecule has 2 N–H and O–H groups in total. The summed E-state index contributed by atoms with van der Waals surface area (Å²) in [5, 5.41) is 5.67. The largest absolute Gasteiger partial charge is 0.349 e. The summed E-state index contributed by atoms with van der Waals surface area (Å²) in [7, 11) is 0. The number of rotatable bonds is 3. The van der Waals surface area contributed by atoms with Gasteiger partial charge >= 0.3 is 11.9 Å². The van der Waals surface area contributed by atoms with E-state index in [1.165, 1.54) is 0 Å². The van der Waals surface area contributed by atoms with Crippen LogP contribution in [0.5, 0.6) is 0 Å². The highest BCUT2D eigenvalue weighted by molar-refractivity contribution is 6.38. The van der Waals surface area contributed by atoms with E-state index in [1.807, 2.05) is 0 Å². The van der Waals surface area contributed by atoms with Crippen LogP contribution < -0.4 is 10.6 Å². The van der Waals surface area contributed by atoms with Crippen molar-refractivity contribution in [2.45, 2.75) is 25.0 Å². The molecule has 0 aromatic heterocycles. The Morgan fingerprint density at radius 1 is 1.22 bits per heavy atom. The summed E-state index contributed by atoms with van der Waals surface area (Å²) in [5.74, 6) is -0.962. The Morgan fingerprint density at radius 2 is 1.96 bits per heavy atom. The van der Waals surface area contributed by atoms with Crippen molar-refractivity contribution in [1.29, 1.82) is 0 Å². The molecule has 3 fully saturated rings. The number of anilines is 1. The summed E-state index contributed by atoms with van der Waals surface area (Å²) in [5.41, 5.74) is 0.970. The molecular weight excluding hydrogens is 296 g/mol. The van der Waals surface area contributed by atoms with Crippen molar-refractivity contribution in [3.05, 3.63) is 29.2 Å². The SMILES string of the molecule is O=C(NC1CN2CCC1CC2)C(=O)C1Nc2ccccc2[N+]1=O. The number of nitrogens with zero attached hydrogens (tertiary/aromatic N) is 2. The number of Topliss-reactive ketones (excluding diaryl/α,β-unsaturated/α-hetero) is 1. The summed E-state index contributed by atoms with van der Waals surface area (Å²) >= 11 is 0. The van der Waals surface area contributed by atoms with Gasteiger partial charge in [-0.25, -0.2) is 0 Å². The zero-order valence-electron chi connectivity index (χ0n) is 12.7. The number of nitroso groups, excluding NO2 is 1. The Kier molecular flexibility index (Phi) is 3.37. The molecule has 2 atom stereocenters. The maximum Gasteiger partial charge on any atom is 0.349 e. The van der Waals surface area contributed by atoms with Gasteiger partial charge in [-0.05, 0) is 37.9 Å². The first-order valence-corrected chi connectivity index (χ1v) is 8.02. The second kappa shape index (κ2) is 5.42. The zero-order chi connectivity index (χ0) is 16.0. The van der Waals surface area contributed by atoms with Crippen LogP contribution in [0.3, 0.4) is 0 Å². The van der Waals surface area contributed by atoms with Gasteiger partial charge in [0.25, 0.3) is 11.6 Å². The third kappa shape index (κ3) is 2.41. The second-order valence-corrected chi connectivity index (χ2v) is 6.47. The van der Waals surface area contributed by atoms with Gasteiger partial charge in [0.1, 0.15) is 5.69 Å². The number of benzene rings is 1. The molecule has 3 saturated heterocycles. The highest BCUT2D eigenvalue weighted by atomic mass is 16.3. The number of nitrogens with one attached hydrogen (secondary N) is 2. The molecule has 2 bridgehead atoms. The molecule has 1 amide bonds. The summed E-state index contributed by atoms with van der Waals surface area (Å²) in [6, 6.07) is 6.87. The monoisotopic (exact) mass is 315 g/mol. The van der Waals surface area contributed by atoms with E-state index in [0.29, 0.717) is 22.1 Å². The Morgan fingerprint density at radius 3 is 2.61 bits per heavy atom. The number of para-hydroxylation sites is 2. The number of hydrogen-bond acceptors (Lipinski definition) is 5. The van der Waals surface area contributed by atoms with Crippen molar-refractivity contribution in [2.24, 2.45) is 5.92 Å². The van der Waals surface area contributed by atoms with Gasteiger partial charge in [0.2, 0.25) is 0 Å². The molecule has 1 aromatic carbocycles. The summed E-state index contributed by atoms with van der Waals surface area (Å²) in [6.45, 7) is 2.93. The minimum atomic E-state index is -1.17. The fraction of sp³-hybridized carbons (Fsp3) is 0.500. The quantitative estimate of drug-likeness (QED) is 0.631. The lowest BCUT2D eigenvalue weighted by Gasteiger charge is -2.44. The van der Waals surface area contributed by atoms with E-state index in [4.69, 9.17) is 0 Å². The third-order valence-corrected chi connectivity index (χ3v) is 5.11. The number of hydrogen-bond donors (Lipinski definition) is 2. The van der Waals surface area contributed by atoms with E-state index in [9.17, 15) is 14.5 Å². The van der Waals surface area contributed by atoms with Crippen LogP contribution in [0.25, 0.3) is 0 Å². The second-order valence-electron chi connectivity index (χ2n) is 6.47. The van der Waals surface area contributed by atoms with Crippen LogP contribution in [-0.2, 0) is 9.59 Å². The minimum absolute atomic E-state index is 0.0119. The standard InChI is InChI=1S/C16H18N4O3/c21-14(15-17-11-3-1-2-4-13(11)20(15)23)16(22)18-12-9-19-7-5-10(12)6-8-19/h1-4,10,12,15H,5-9H2,(H-,17,18,22,23)/p+1. The highest BCUT2D eigenvalue weighted by Gasteiger charge is 2.47. The van der Waals surface area contributed by atoms with Crippen LogP contribution in [-0.4, -0.2) is 53.2 Å². The Bertz CT molecular complexity index is 682. The first-order valence-electron chi connectivity index (χ1n) is 8.02. The van der Waals surface area contributed by atoms with Crippen LogP contribution in [0, 0.1) is 10.8 Å². The van der Waals surface area contributed by atoms with Gasteiger partial charge in [0.05, 0.1) is 4.76 Å². The molecule has 4 heterocycles. The molecule has 120 valence electrons. The molecule has 1 aromatic rings. The van der Waals surface area contributed by atoms with Gasteiger partial charge < -0.3 is 15.5 Å². The number of carbonyl (C=O) groups is 2. The van der Waals surface area contributed by atoms with Crippen molar-refractivity contribution < 1.29 is 14.3 Å². The van der Waals surface area contributed by atoms with Gasteiger partial charge in [0.15, 0.2) is 0 Å². The first-order chi connectivity index (χ1) is 11.1. The highest BCUT2D eigenvalue weighted by Crippen LogP contribution is 2.32. The fourth-order valence-corrected chi connectivity index (χ4v) is 3.80. The molecule has 7 nitrogen and oxygen atoms in total. The van der Waals surface area contributed by atoms with Gasteiger partial charge in [-0.15, -0.1) is 0 Å². The van der Waals surface area contributed by atoms with Crippen molar-refractivity contribution in [2.75, 3.05) is 25.0 Å². The molecule has 0 radical (unpaired) electrons. The van der Waals surface area contributed by atoms with E-state index in [0.717, 1.165) is 32.5 Å². The molecule has 4 aliphatic heterocycles. The average Bonchev–Trinajstić information content (AvgIpc) is 2.92. The van der Waals surface area contributed by atoms with Gasteiger partial charge in [-0.1, -0.05) is 12.1 Å². The number of carbonyl (C=O) groups excluding carboxylic acids is 2. The lowest BCUT2D eigenvalue weighted by atomic mass is 9.84. The Labute approximate surface area is 133 Å². The number of piperidine rings is 3. The first kappa shape index (κ1) is 14.3. The summed E-state index contributed by atoms with van der Waals surface area (Å²) < 4.78 is 0.577. The van der Waals surface area contributed by atoms with E-state index in [-0.39, 0.29) is 6.04 Å². The number of ketones is 1. The van der Waals surface area contributed by atoms with Crippen molar-refractivity contribution >= 4 is 23.1 Å². The van der Waals surface area contributed by atoms with Crippen LogP contribution in [0.4, 0.5) is 11.4 Å². The summed E-state index contributed by atoms with van der Waals surface area (Å²) in [6.07, 6.45) is 0.938. The van der Waals surface area contributed by atoms with Crippen LogP contribution in [0.15, 0.2) is 24.3 Å². The fourth-order valence-electron chi connectivity index (χ4n) is 3.80. The van der Waals surface area contributed by atoms with Gasteiger partial charge in [-0.2, -0.15) is 0 Å². The van der Waals surface area contributed by atoms with Gasteiger partial charge in [-0.3, -0.25) is 9.59 Å². The van der Waals surface area contributed by atoms with E-state index in [2.05, 4.69) is 15.5 Å². The molecule has 4 aliphatic rings. The Hall–Kier alpha value is -2.28. The minimum Gasteiger partial charge on any atom is -0.345 e. The molecular formula is C16H19N4O3+. The molecule has 0 saturated carbocycles. The predicted octanol–water partition coefficient (Wildman–Crippen LogP) is 0.628. The average molecular weight is 315 g/mol. The van der Waals surface area contributed by atoms with Crippen LogP contribution in [0.2, 0.25) is 0 Å².